The highest BCUT2D eigenvalue weighted by molar-refractivity contribution is 9.10. The summed E-state index contributed by atoms with van der Waals surface area (Å²) < 4.78 is 3.32. The highest BCUT2D eigenvalue weighted by atomic mass is 79.9. The van der Waals surface area contributed by atoms with Crippen molar-refractivity contribution in [3.8, 4) is 0 Å². The Morgan fingerprint density at radius 2 is 2.29 bits per heavy atom. The normalized spacial score (nSPS) is 10.6. The quantitative estimate of drug-likeness (QED) is 0.613. The van der Waals surface area contributed by atoms with Crippen LogP contribution in [-0.2, 0) is 24.9 Å². The molecule has 0 unspecified atom stereocenters. The van der Waals surface area contributed by atoms with Gasteiger partial charge in [-0.2, -0.15) is 9.78 Å². The number of nitro groups is 1. The van der Waals surface area contributed by atoms with Crippen molar-refractivity contribution in [1.29, 1.82) is 0 Å². The van der Waals surface area contributed by atoms with E-state index in [1.54, 1.807) is 17.9 Å². The summed E-state index contributed by atoms with van der Waals surface area (Å²) in [5.41, 5.74) is 0.906. The number of aryl methyl sites for hydroxylation is 2. The number of rotatable bonds is 6. The number of nitrogens with one attached hydrogen (secondary N) is 1. The highest BCUT2D eigenvalue weighted by Gasteiger charge is 2.18. The maximum Gasteiger partial charge on any atom is 0.404 e. The summed E-state index contributed by atoms with van der Waals surface area (Å²) in [6.07, 6.45) is 5.15. The number of nitrogens with zero attached hydrogens (tertiary/aromatic N) is 5. The zero-order valence-corrected chi connectivity index (χ0v) is 12.8. The van der Waals surface area contributed by atoms with E-state index in [0.29, 0.717) is 11.0 Å². The molecule has 2 aromatic heterocycles. The van der Waals surface area contributed by atoms with E-state index in [1.807, 2.05) is 6.20 Å². The van der Waals surface area contributed by atoms with Gasteiger partial charge in [-0.3, -0.25) is 9.48 Å². The molecule has 1 amide bonds. The molecular formula is C11H13BrN6O3. The van der Waals surface area contributed by atoms with Gasteiger partial charge in [0.25, 0.3) is 0 Å². The summed E-state index contributed by atoms with van der Waals surface area (Å²) >= 11 is 3.05. The molecule has 2 aromatic rings. The molecule has 0 aliphatic rings. The van der Waals surface area contributed by atoms with E-state index >= 15 is 0 Å². The Labute approximate surface area is 128 Å². The summed E-state index contributed by atoms with van der Waals surface area (Å²) in [6, 6.07) is 0. The Hall–Kier alpha value is -2.23. The van der Waals surface area contributed by atoms with Gasteiger partial charge in [0, 0.05) is 31.8 Å². The molecule has 2 heterocycles. The van der Waals surface area contributed by atoms with Gasteiger partial charge in [-0.05, 0) is 20.9 Å². The molecule has 0 bridgehead atoms. The van der Waals surface area contributed by atoms with Crippen molar-refractivity contribution in [1.82, 2.24) is 24.9 Å². The third-order valence-electron chi connectivity index (χ3n) is 2.69. The van der Waals surface area contributed by atoms with E-state index in [2.05, 4.69) is 31.4 Å². The largest absolute Gasteiger partial charge is 0.404 e. The van der Waals surface area contributed by atoms with Crippen molar-refractivity contribution in [2.45, 2.75) is 19.5 Å². The van der Waals surface area contributed by atoms with Crippen molar-refractivity contribution >= 4 is 27.7 Å². The number of carbonyl (C=O) groups is 1. The van der Waals surface area contributed by atoms with Gasteiger partial charge in [0.15, 0.2) is 0 Å². The van der Waals surface area contributed by atoms with Crippen molar-refractivity contribution in [3.05, 3.63) is 38.7 Å². The second kappa shape index (κ2) is 6.48. The van der Waals surface area contributed by atoms with Crippen LogP contribution in [0, 0.1) is 10.1 Å². The van der Waals surface area contributed by atoms with E-state index in [4.69, 9.17) is 0 Å². The van der Waals surface area contributed by atoms with Crippen LogP contribution >= 0.6 is 15.9 Å². The van der Waals surface area contributed by atoms with Gasteiger partial charge in [-0.15, -0.1) is 0 Å². The molecule has 0 spiro atoms. The fourth-order valence-electron chi connectivity index (χ4n) is 1.69. The first-order valence-corrected chi connectivity index (χ1v) is 6.86. The van der Waals surface area contributed by atoms with Gasteiger partial charge in [-0.1, -0.05) is 0 Å². The van der Waals surface area contributed by atoms with Crippen LogP contribution in [0.2, 0.25) is 0 Å². The van der Waals surface area contributed by atoms with Crippen LogP contribution in [0.5, 0.6) is 0 Å². The number of hydrogen-bond donors (Lipinski definition) is 1. The molecule has 10 heteroatoms. The number of amides is 1. The summed E-state index contributed by atoms with van der Waals surface area (Å²) in [7, 11) is 1.80. The van der Waals surface area contributed by atoms with E-state index in [1.165, 1.54) is 10.9 Å². The topological polar surface area (TPSA) is 108 Å². The lowest BCUT2D eigenvalue weighted by Gasteiger charge is -2.02. The first-order chi connectivity index (χ1) is 9.95. The maximum atomic E-state index is 11.7. The Bertz CT molecular complexity index is 665. The Balaban J connectivity index is 1.81. The number of carbonyl (C=O) groups excluding carboxylic acids is 1. The minimum absolute atomic E-state index is 0.159. The number of aromatic nitrogens is 4. The van der Waals surface area contributed by atoms with Crippen LogP contribution in [0.3, 0.4) is 0 Å². The predicted octanol–water partition coefficient (Wildman–Crippen LogP) is 0.994. The molecule has 21 heavy (non-hydrogen) atoms. The van der Waals surface area contributed by atoms with Crippen LogP contribution in [-0.4, -0.2) is 30.4 Å². The van der Waals surface area contributed by atoms with Crippen LogP contribution < -0.4 is 5.32 Å². The SMILES string of the molecule is Cn1cc(CNC(=O)CCn2cc(Br)c([N+](=O)[O-])n2)cn1. The van der Waals surface area contributed by atoms with Crippen LogP contribution in [0.1, 0.15) is 12.0 Å². The Morgan fingerprint density at radius 1 is 1.52 bits per heavy atom. The molecule has 0 saturated carbocycles. The van der Waals surface area contributed by atoms with Crippen molar-refractivity contribution < 1.29 is 9.72 Å². The fraction of sp³-hybridized carbons (Fsp3) is 0.364. The molecule has 0 aliphatic carbocycles. The molecule has 0 atom stereocenters. The molecule has 0 fully saturated rings. The Morgan fingerprint density at radius 3 is 2.86 bits per heavy atom. The summed E-state index contributed by atoms with van der Waals surface area (Å²) in [4.78, 5) is 21.8. The molecule has 1 N–H and O–H groups in total. The number of hydrogen-bond acceptors (Lipinski definition) is 5. The Kier molecular flexibility index (Phi) is 4.68. The highest BCUT2D eigenvalue weighted by Crippen LogP contribution is 2.21. The van der Waals surface area contributed by atoms with E-state index in [-0.39, 0.29) is 24.7 Å². The van der Waals surface area contributed by atoms with E-state index in [0.717, 1.165) is 5.56 Å². The van der Waals surface area contributed by atoms with Gasteiger partial charge >= 0.3 is 5.82 Å². The molecule has 2 rings (SSSR count). The predicted molar refractivity (Wildman–Crippen MR) is 76.3 cm³/mol. The fourth-order valence-corrected chi connectivity index (χ4v) is 2.15. The lowest BCUT2D eigenvalue weighted by atomic mass is 10.3. The maximum absolute atomic E-state index is 11.7. The zero-order valence-electron chi connectivity index (χ0n) is 11.2. The summed E-state index contributed by atoms with van der Waals surface area (Å²) in [5.74, 6) is -0.418. The third kappa shape index (κ3) is 4.12. The average molecular weight is 357 g/mol. The molecule has 0 aliphatic heterocycles. The minimum atomic E-state index is -0.580. The average Bonchev–Trinajstić information content (AvgIpc) is 3.00. The second-order valence-corrected chi connectivity index (χ2v) is 5.22. The zero-order chi connectivity index (χ0) is 15.4. The first kappa shape index (κ1) is 15.2. The molecule has 112 valence electrons. The van der Waals surface area contributed by atoms with Gasteiger partial charge in [0.2, 0.25) is 5.91 Å². The molecule has 0 aromatic carbocycles. The first-order valence-electron chi connectivity index (χ1n) is 6.07. The molecular weight excluding hydrogens is 344 g/mol. The smallest absolute Gasteiger partial charge is 0.358 e. The van der Waals surface area contributed by atoms with Gasteiger partial charge in [-0.25, -0.2) is 0 Å². The standard InChI is InChI=1S/C11H13BrN6O3/c1-16-6-8(5-14-16)4-13-10(19)2-3-17-7-9(12)11(15-17)18(20)21/h5-7H,2-4H2,1H3,(H,13,19). The van der Waals surface area contributed by atoms with Crippen LogP contribution in [0.25, 0.3) is 0 Å². The lowest BCUT2D eigenvalue weighted by Crippen LogP contribution is -2.23. The minimum Gasteiger partial charge on any atom is -0.358 e. The van der Waals surface area contributed by atoms with Crippen LogP contribution in [0.4, 0.5) is 5.82 Å². The molecule has 0 saturated heterocycles. The summed E-state index contributed by atoms with van der Waals surface area (Å²) in [6.45, 7) is 0.668. The van der Waals surface area contributed by atoms with Crippen molar-refractivity contribution in [2.75, 3.05) is 0 Å². The van der Waals surface area contributed by atoms with Crippen molar-refractivity contribution in [2.24, 2.45) is 7.05 Å². The van der Waals surface area contributed by atoms with Gasteiger partial charge in [0.1, 0.15) is 4.47 Å². The monoisotopic (exact) mass is 356 g/mol. The van der Waals surface area contributed by atoms with Gasteiger partial charge in [0.05, 0.1) is 24.0 Å². The molecule has 0 radical (unpaired) electrons. The lowest BCUT2D eigenvalue weighted by molar-refractivity contribution is -0.390. The molecule has 9 nitrogen and oxygen atoms in total. The van der Waals surface area contributed by atoms with Gasteiger partial charge < -0.3 is 15.4 Å². The van der Waals surface area contributed by atoms with Crippen molar-refractivity contribution in [3.63, 3.8) is 0 Å². The van der Waals surface area contributed by atoms with Crippen LogP contribution in [0.15, 0.2) is 23.1 Å². The summed E-state index contributed by atoms with van der Waals surface area (Å²) in [5, 5.41) is 21.2. The van der Waals surface area contributed by atoms with E-state index < -0.39 is 4.92 Å². The third-order valence-corrected chi connectivity index (χ3v) is 3.25. The number of halogens is 1. The van der Waals surface area contributed by atoms with E-state index in [9.17, 15) is 14.9 Å². The second-order valence-electron chi connectivity index (χ2n) is 4.37.